The average molecular weight is 324 g/mol. The summed E-state index contributed by atoms with van der Waals surface area (Å²) in [4.78, 5) is 13.0. The Balaban J connectivity index is 0.00000220. The van der Waals surface area contributed by atoms with Crippen molar-refractivity contribution in [3.05, 3.63) is 34.9 Å². The van der Waals surface area contributed by atoms with Gasteiger partial charge in [-0.25, -0.2) is 0 Å². The van der Waals surface area contributed by atoms with Crippen LogP contribution in [-0.2, 0) is 23.9 Å². The van der Waals surface area contributed by atoms with Crippen LogP contribution in [0.5, 0.6) is 0 Å². The van der Waals surface area contributed by atoms with E-state index in [1.807, 2.05) is 13.8 Å². The van der Waals surface area contributed by atoms with Gasteiger partial charge in [0, 0.05) is 12.6 Å². The summed E-state index contributed by atoms with van der Waals surface area (Å²) in [7, 11) is 0. The number of nitrogens with zero attached hydrogens (tertiary/aromatic N) is 1. The second kappa shape index (κ2) is 6.23. The quantitative estimate of drug-likeness (QED) is 0.907. The third kappa shape index (κ3) is 3.68. The Morgan fingerprint density at radius 3 is 2.43 bits per heavy atom. The molecule has 0 bridgehead atoms. The molecule has 1 N–H and O–H groups in total. The number of benzene rings is 1. The third-order valence-corrected chi connectivity index (χ3v) is 3.65. The summed E-state index contributed by atoms with van der Waals surface area (Å²) in [5.74, 6) is -0.941. The van der Waals surface area contributed by atoms with E-state index in [9.17, 15) is 23.1 Å². The summed E-state index contributed by atoms with van der Waals surface area (Å²) < 4.78 is 38.1. The lowest BCUT2D eigenvalue weighted by Crippen LogP contribution is -2.48. The topological polar surface area (TPSA) is 40.5 Å². The standard InChI is InChI=1S/C14H16F3NO2.ClH/c1-8(2)18-7-10-5-11(14(15,16)17)4-3-9(10)6-12(18)13(19)20;/h3-5,8,12H,6-7H2,1-2H3,(H,19,20);1H. The van der Waals surface area contributed by atoms with Crippen molar-refractivity contribution in [3.8, 4) is 0 Å². The first-order valence-corrected chi connectivity index (χ1v) is 6.37. The molecule has 0 saturated heterocycles. The highest BCUT2D eigenvalue weighted by atomic mass is 35.5. The molecular weight excluding hydrogens is 307 g/mol. The van der Waals surface area contributed by atoms with E-state index in [1.54, 1.807) is 4.90 Å². The van der Waals surface area contributed by atoms with E-state index in [4.69, 9.17) is 0 Å². The normalized spacial score (nSPS) is 19.0. The molecule has 1 heterocycles. The smallest absolute Gasteiger partial charge is 0.416 e. The highest BCUT2D eigenvalue weighted by Gasteiger charge is 2.35. The summed E-state index contributed by atoms with van der Waals surface area (Å²) in [6.07, 6.45) is -4.14. The first-order valence-electron chi connectivity index (χ1n) is 6.37. The number of hydrogen-bond acceptors (Lipinski definition) is 2. The number of aliphatic carboxylic acids is 1. The lowest BCUT2D eigenvalue weighted by atomic mass is 9.91. The van der Waals surface area contributed by atoms with E-state index in [0.29, 0.717) is 11.1 Å². The monoisotopic (exact) mass is 323 g/mol. The summed E-state index contributed by atoms with van der Waals surface area (Å²) in [6, 6.07) is 2.81. The minimum atomic E-state index is -4.37. The Hall–Kier alpha value is -1.27. The van der Waals surface area contributed by atoms with Crippen LogP contribution in [0.2, 0.25) is 0 Å². The molecule has 1 unspecified atom stereocenters. The Bertz CT molecular complexity index is 531. The van der Waals surface area contributed by atoms with Gasteiger partial charge in [0.05, 0.1) is 5.56 Å². The van der Waals surface area contributed by atoms with Gasteiger partial charge in [-0.3, -0.25) is 9.69 Å². The number of fused-ring (bicyclic) bond motifs is 1. The second-order valence-corrected chi connectivity index (χ2v) is 5.31. The molecule has 1 aromatic rings. The Morgan fingerprint density at radius 1 is 1.33 bits per heavy atom. The third-order valence-electron chi connectivity index (χ3n) is 3.65. The van der Waals surface area contributed by atoms with E-state index in [0.717, 1.165) is 12.1 Å². The lowest BCUT2D eigenvalue weighted by molar-refractivity contribution is -0.145. The van der Waals surface area contributed by atoms with Gasteiger partial charge in [-0.1, -0.05) is 6.07 Å². The fraction of sp³-hybridized carbons (Fsp3) is 0.500. The largest absolute Gasteiger partial charge is 0.480 e. The fourth-order valence-electron chi connectivity index (χ4n) is 2.55. The molecule has 0 saturated carbocycles. The van der Waals surface area contributed by atoms with Crippen molar-refractivity contribution in [2.45, 2.75) is 45.1 Å². The Kier molecular flexibility index (Phi) is 5.28. The molecule has 0 aliphatic carbocycles. The maximum absolute atomic E-state index is 12.7. The zero-order valence-electron chi connectivity index (χ0n) is 11.6. The number of carboxylic acid groups (broad SMARTS) is 1. The van der Waals surface area contributed by atoms with E-state index in [-0.39, 0.29) is 31.4 Å². The van der Waals surface area contributed by atoms with E-state index < -0.39 is 23.8 Å². The van der Waals surface area contributed by atoms with Crippen LogP contribution < -0.4 is 0 Å². The van der Waals surface area contributed by atoms with Crippen LogP contribution in [0.15, 0.2) is 18.2 Å². The summed E-state index contributed by atoms with van der Waals surface area (Å²) >= 11 is 0. The zero-order chi connectivity index (χ0) is 15.1. The predicted octanol–water partition coefficient (Wildman–Crippen LogP) is 3.35. The van der Waals surface area contributed by atoms with Gasteiger partial charge in [0.1, 0.15) is 6.04 Å². The summed E-state index contributed by atoms with van der Waals surface area (Å²) in [5.41, 5.74) is 0.557. The van der Waals surface area contributed by atoms with Gasteiger partial charge in [0.15, 0.2) is 0 Å². The van der Waals surface area contributed by atoms with Gasteiger partial charge in [0.25, 0.3) is 0 Å². The van der Waals surface area contributed by atoms with Crippen LogP contribution in [0.25, 0.3) is 0 Å². The van der Waals surface area contributed by atoms with Crippen molar-refractivity contribution in [1.29, 1.82) is 0 Å². The summed E-state index contributed by atoms with van der Waals surface area (Å²) in [6.45, 7) is 3.91. The molecule has 0 radical (unpaired) electrons. The van der Waals surface area contributed by atoms with Crippen LogP contribution in [0.3, 0.4) is 0 Å². The molecule has 7 heteroatoms. The molecule has 1 aromatic carbocycles. The molecule has 1 aliphatic heterocycles. The maximum Gasteiger partial charge on any atom is 0.416 e. The number of halogens is 4. The Morgan fingerprint density at radius 2 is 1.95 bits per heavy atom. The molecule has 1 aliphatic rings. The fourth-order valence-corrected chi connectivity index (χ4v) is 2.55. The number of carboxylic acids is 1. The van der Waals surface area contributed by atoms with Gasteiger partial charge in [-0.15, -0.1) is 12.4 Å². The van der Waals surface area contributed by atoms with Crippen molar-refractivity contribution in [2.75, 3.05) is 0 Å². The molecule has 0 fully saturated rings. The molecule has 2 rings (SSSR count). The van der Waals surface area contributed by atoms with Crippen LogP contribution >= 0.6 is 12.4 Å². The van der Waals surface area contributed by atoms with E-state index >= 15 is 0 Å². The van der Waals surface area contributed by atoms with Gasteiger partial charge in [-0.2, -0.15) is 13.2 Å². The average Bonchev–Trinajstić information content (AvgIpc) is 2.35. The molecule has 3 nitrogen and oxygen atoms in total. The highest BCUT2D eigenvalue weighted by molar-refractivity contribution is 5.85. The van der Waals surface area contributed by atoms with Crippen molar-refractivity contribution in [3.63, 3.8) is 0 Å². The number of rotatable bonds is 2. The number of carbonyl (C=O) groups is 1. The van der Waals surface area contributed by atoms with Crippen molar-refractivity contribution < 1.29 is 23.1 Å². The minimum absolute atomic E-state index is 0. The second-order valence-electron chi connectivity index (χ2n) is 5.31. The molecule has 0 aromatic heterocycles. The first kappa shape index (κ1) is 17.8. The number of alkyl halides is 3. The van der Waals surface area contributed by atoms with Crippen LogP contribution in [0.1, 0.15) is 30.5 Å². The SMILES string of the molecule is CC(C)N1Cc2cc(C(F)(F)F)ccc2CC1C(=O)O.Cl. The molecular formula is C14H17ClF3NO2. The van der Waals surface area contributed by atoms with E-state index in [2.05, 4.69) is 0 Å². The van der Waals surface area contributed by atoms with Gasteiger partial charge in [0.2, 0.25) is 0 Å². The van der Waals surface area contributed by atoms with Gasteiger partial charge in [-0.05, 0) is 43.5 Å². The molecule has 118 valence electrons. The molecule has 21 heavy (non-hydrogen) atoms. The molecule has 1 atom stereocenters. The predicted molar refractivity (Wildman–Crippen MR) is 74.5 cm³/mol. The zero-order valence-corrected chi connectivity index (χ0v) is 12.5. The lowest BCUT2D eigenvalue weighted by Gasteiger charge is -2.37. The van der Waals surface area contributed by atoms with Crippen LogP contribution in [0, 0.1) is 0 Å². The summed E-state index contributed by atoms with van der Waals surface area (Å²) in [5, 5.41) is 9.25. The maximum atomic E-state index is 12.7. The highest BCUT2D eigenvalue weighted by Crippen LogP contribution is 2.33. The first-order chi connectivity index (χ1) is 9.20. The molecule has 0 spiro atoms. The minimum Gasteiger partial charge on any atom is -0.480 e. The van der Waals surface area contributed by atoms with Crippen molar-refractivity contribution in [1.82, 2.24) is 4.90 Å². The molecule has 0 amide bonds. The van der Waals surface area contributed by atoms with Gasteiger partial charge < -0.3 is 5.11 Å². The Labute approximate surface area is 127 Å². The van der Waals surface area contributed by atoms with Crippen LogP contribution in [-0.4, -0.2) is 28.1 Å². The van der Waals surface area contributed by atoms with Crippen molar-refractivity contribution >= 4 is 18.4 Å². The van der Waals surface area contributed by atoms with Crippen LogP contribution in [0.4, 0.5) is 13.2 Å². The van der Waals surface area contributed by atoms with E-state index in [1.165, 1.54) is 6.07 Å². The number of hydrogen-bond donors (Lipinski definition) is 1. The van der Waals surface area contributed by atoms with Crippen molar-refractivity contribution in [2.24, 2.45) is 0 Å². The van der Waals surface area contributed by atoms with Gasteiger partial charge >= 0.3 is 12.1 Å².